The first-order valence-electron chi connectivity index (χ1n) is 6.93. The van der Waals surface area contributed by atoms with E-state index in [1.54, 1.807) is 20.8 Å². The monoisotopic (exact) mass is 347 g/mol. The summed E-state index contributed by atoms with van der Waals surface area (Å²) in [5, 5.41) is 0. The van der Waals surface area contributed by atoms with Crippen molar-refractivity contribution in [1.29, 1.82) is 0 Å². The van der Waals surface area contributed by atoms with Gasteiger partial charge in [-0.25, -0.2) is 4.79 Å². The highest BCUT2D eigenvalue weighted by atomic mass is 32.2. The van der Waals surface area contributed by atoms with Gasteiger partial charge < -0.3 is 14.4 Å². The number of nitrogens with zero attached hydrogens (tertiary/aromatic N) is 1. The molecule has 0 radical (unpaired) electrons. The summed E-state index contributed by atoms with van der Waals surface area (Å²) in [6.45, 7) is 6.62. The molecule has 0 spiro atoms. The quantitative estimate of drug-likeness (QED) is 0.248. The smallest absolute Gasteiger partial charge is 0.341 e. The van der Waals surface area contributed by atoms with Crippen molar-refractivity contribution in [3.63, 3.8) is 0 Å². The van der Waals surface area contributed by atoms with Crippen LogP contribution in [0.5, 0.6) is 0 Å². The van der Waals surface area contributed by atoms with E-state index in [0.29, 0.717) is 0 Å². The normalized spacial score (nSPS) is 19.6. The van der Waals surface area contributed by atoms with E-state index in [2.05, 4.69) is 0 Å². The Morgan fingerprint density at radius 2 is 2.04 bits per heavy atom. The number of carbonyl (C=O) groups is 2. The van der Waals surface area contributed by atoms with Gasteiger partial charge in [0.15, 0.2) is 11.7 Å². The molecule has 0 aromatic rings. The Bertz CT molecular complexity index is 646. The van der Waals surface area contributed by atoms with Crippen LogP contribution in [0.3, 0.4) is 0 Å². The average molecular weight is 347 g/mol. The predicted octanol–water partition coefficient (Wildman–Crippen LogP) is 0.862. The first-order chi connectivity index (χ1) is 10.5. The van der Waals surface area contributed by atoms with Crippen LogP contribution in [0.1, 0.15) is 27.7 Å². The van der Waals surface area contributed by atoms with Gasteiger partial charge in [-0.3, -0.25) is 9.35 Å². The highest BCUT2D eigenvalue weighted by molar-refractivity contribution is 7.85. The number of ketones is 1. The average Bonchev–Trinajstić information content (AvgIpc) is 2.64. The lowest BCUT2D eigenvalue weighted by Crippen LogP contribution is -2.42. The molecule has 0 bridgehead atoms. The molecular weight excluding hydrogens is 326 g/mol. The van der Waals surface area contributed by atoms with Crippen LogP contribution in [0.4, 0.5) is 0 Å². The molecule has 0 atom stereocenters. The molecule has 1 rings (SSSR count). The molecule has 1 aliphatic rings. The van der Waals surface area contributed by atoms with Crippen molar-refractivity contribution >= 4 is 21.9 Å². The summed E-state index contributed by atoms with van der Waals surface area (Å²) in [6, 6.07) is 0. The Hall–Kier alpha value is -1.87. The first kappa shape index (κ1) is 19.2. The van der Waals surface area contributed by atoms with Crippen molar-refractivity contribution in [2.75, 3.05) is 19.1 Å². The van der Waals surface area contributed by atoms with Gasteiger partial charge >= 0.3 is 5.97 Å². The van der Waals surface area contributed by atoms with Crippen LogP contribution in [0.2, 0.25) is 0 Å². The third-order valence-electron chi connectivity index (χ3n) is 3.13. The molecule has 1 saturated heterocycles. The molecule has 1 N–H and O–H groups in total. The molecule has 8 nitrogen and oxygen atoms in total. The Labute approximate surface area is 135 Å². The minimum absolute atomic E-state index is 0.123. The summed E-state index contributed by atoms with van der Waals surface area (Å²) < 4.78 is 41.5. The van der Waals surface area contributed by atoms with Crippen molar-refractivity contribution in [3.05, 3.63) is 23.6 Å². The van der Waals surface area contributed by atoms with Gasteiger partial charge in [-0.15, -0.1) is 0 Å². The maximum absolute atomic E-state index is 11.7. The van der Waals surface area contributed by atoms with E-state index in [9.17, 15) is 18.0 Å². The third kappa shape index (κ3) is 5.36. The van der Waals surface area contributed by atoms with Crippen LogP contribution < -0.4 is 0 Å². The van der Waals surface area contributed by atoms with Gasteiger partial charge in [0, 0.05) is 0 Å². The minimum atomic E-state index is -4.27. The fraction of sp³-hybridized carbons (Fsp3) is 0.571. The van der Waals surface area contributed by atoms with Gasteiger partial charge in [-0.05, 0) is 39.8 Å². The number of Topliss-reactive ketones (excluding diaryl/α,β-unsaturated/α-hetero) is 1. The number of hydrogen-bond donors (Lipinski definition) is 1. The minimum Gasteiger partial charge on any atom is -0.477 e. The number of allylic oxidation sites excluding steroid dienone is 2. The maximum Gasteiger partial charge on any atom is 0.341 e. The standard InChI is InChI=1S/C14H21NO7S/c1-5-21-13(17)11(10(2)16)6-7-12-15(9-23(18,19)20)14(3,4)8-22-12/h6-7H,5,8-9H2,1-4H3,(H,18,19,20). The molecule has 0 amide bonds. The third-order valence-corrected chi connectivity index (χ3v) is 3.71. The molecule has 23 heavy (non-hydrogen) atoms. The molecule has 0 aromatic heterocycles. The van der Waals surface area contributed by atoms with E-state index in [4.69, 9.17) is 14.0 Å². The molecule has 0 aliphatic carbocycles. The summed E-state index contributed by atoms with van der Waals surface area (Å²) in [4.78, 5) is 24.5. The number of rotatable bonds is 6. The van der Waals surface area contributed by atoms with E-state index in [-0.39, 0.29) is 24.7 Å². The summed E-state index contributed by atoms with van der Waals surface area (Å²) in [5.74, 6) is -1.78. The molecule has 0 aromatic carbocycles. The van der Waals surface area contributed by atoms with Crippen molar-refractivity contribution in [2.45, 2.75) is 33.2 Å². The van der Waals surface area contributed by atoms with Gasteiger partial charge in [0.05, 0.1) is 12.1 Å². The summed E-state index contributed by atoms with van der Waals surface area (Å²) in [6.07, 6.45) is 2.53. The second-order valence-electron chi connectivity index (χ2n) is 5.60. The number of ether oxygens (including phenoxy) is 2. The van der Waals surface area contributed by atoms with Gasteiger partial charge in [0.25, 0.3) is 10.1 Å². The molecule has 9 heteroatoms. The zero-order valence-corrected chi connectivity index (χ0v) is 14.3. The Kier molecular flexibility index (Phi) is 5.95. The Morgan fingerprint density at radius 1 is 1.43 bits per heavy atom. The summed E-state index contributed by atoms with van der Waals surface area (Å²) >= 11 is 0. The van der Waals surface area contributed by atoms with Gasteiger partial charge in [-0.1, -0.05) is 0 Å². The van der Waals surface area contributed by atoms with Crippen molar-refractivity contribution in [3.8, 4) is 0 Å². The molecule has 0 unspecified atom stereocenters. The maximum atomic E-state index is 11.7. The van der Waals surface area contributed by atoms with Gasteiger partial charge in [-0.2, -0.15) is 8.42 Å². The van der Waals surface area contributed by atoms with E-state index in [1.165, 1.54) is 24.0 Å². The fourth-order valence-electron chi connectivity index (χ4n) is 1.94. The topological polar surface area (TPSA) is 110 Å². The zero-order chi connectivity index (χ0) is 17.8. The van der Waals surface area contributed by atoms with E-state index < -0.39 is 33.3 Å². The second-order valence-corrected chi connectivity index (χ2v) is 7.02. The van der Waals surface area contributed by atoms with Gasteiger partial charge in [0.2, 0.25) is 0 Å². The summed E-state index contributed by atoms with van der Waals surface area (Å²) in [5.41, 5.74) is -0.852. The highest BCUT2D eigenvalue weighted by Crippen LogP contribution is 2.30. The zero-order valence-electron chi connectivity index (χ0n) is 13.5. The van der Waals surface area contributed by atoms with Crippen molar-refractivity contribution in [2.24, 2.45) is 0 Å². The van der Waals surface area contributed by atoms with E-state index >= 15 is 0 Å². The first-order valence-corrected chi connectivity index (χ1v) is 8.54. The number of carbonyl (C=O) groups excluding carboxylic acids is 2. The van der Waals surface area contributed by atoms with Crippen LogP contribution >= 0.6 is 0 Å². The molecular formula is C14H21NO7S. The predicted molar refractivity (Wildman–Crippen MR) is 81.8 cm³/mol. The molecule has 0 saturated carbocycles. The van der Waals surface area contributed by atoms with Crippen LogP contribution in [0.25, 0.3) is 0 Å². The molecule has 1 heterocycles. The summed E-state index contributed by atoms with van der Waals surface area (Å²) in [7, 11) is -4.27. The van der Waals surface area contributed by atoms with E-state index in [1.807, 2.05) is 0 Å². The molecule has 1 fully saturated rings. The second kappa shape index (κ2) is 7.14. The van der Waals surface area contributed by atoms with Crippen LogP contribution in [0, 0.1) is 0 Å². The lowest BCUT2D eigenvalue weighted by atomic mass is 10.1. The largest absolute Gasteiger partial charge is 0.477 e. The van der Waals surface area contributed by atoms with Crippen LogP contribution in [-0.2, 0) is 29.2 Å². The molecule has 130 valence electrons. The lowest BCUT2D eigenvalue weighted by molar-refractivity contribution is -0.139. The lowest BCUT2D eigenvalue weighted by Gasteiger charge is -2.28. The number of esters is 1. The Morgan fingerprint density at radius 3 is 2.52 bits per heavy atom. The van der Waals surface area contributed by atoms with Crippen LogP contribution in [-0.4, -0.2) is 54.3 Å². The highest BCUT2D eigenvalue weighted by Gasteiger charge is 2.39. The van der Waals surface area contributed by atoms with Crippen LogP contribution in [0.15, 0.2) is 23.6 Å². The van der Waals surface area contributed by atoms with Crippen molar-refractivity contribution < 1.29 is 32.0 Å². The SMILES string of the molecule is CCOC(=O)C(=CC=C1OCC(C)(C)N1CS(=O)(=O)O)C(C)=O. The fourth-order valence-corrected chi connectivity index (χ4v) is 2.74. The Balaban J connectivity index is 3.15. The van der Waals surface area contributed by atoms with Gasteiger partial charge in [0.1, 0.15) is 18.1 Å². The number of hydrogen-bond acceptors (Lipinski definition) is 7. The molecule has 1 aliphatic heterocycles. The van der Waals surface area contributed by atoms with Crippen molar-refractivity contribution in [1.82, 2.24) is 4.90 Å². The van der Waals surface area contributed by atoms with E-state index in [0.717, 1.165) is 0 Å².